The molecule has 0 unspecified atom stereocenters. The first-order valence-corrected chi connectivity index (χ1v) is 6.09. The van der Waals surface area contributed by atoms with Crippen LogP contribution in [0.5, 0.6) is 0 Å². The van der Waals surface area contributed by atoms with Crippen molar-refractivity contribution in [2.45, 2.75) is 31.6 Å². The van der Waals surface area contributed by atoms with E-state index in [1.54, 1.807) is 6.92 Å². The van der Waals surface area contributed by atoms with Crippen molar-refractivity contribution in [3.05, 3.63) is 30.3 Å². The van der Waals surface area contributed by atoms with Gasteiger partial charge in [0.25, 0.3) is 0 Å². The molecule has 1 aromatic carbocycles. The minimum Gasteiger partial charge on any atom is -0.550 e. The number of aliphatic carboxylic acids is 1. The van der Waals surface area contributed by atoms with Crippen LogP contribution in [-0.4, -0.2) is 12.6 Å². The summed E-state index contributed by atoms with van der Waals surface area (Å²) in [5, 5.41) is 9.49. The molecule has 0 radical (unpaired) electrons. The van der Waals surface area contributed by atoms with Gasteiger partial charge in [0, 0.05) is 5.97 Å². The van der Waals surface area contributed by atoms with Gasteiger partial charge in [-0.25, -0.2) is 0 Å². The van der Waals surface area contributed by atoms with Gasteiger partial charge in [0.2, 0.25) is 0 Å². The summed E-state index contributed by atoms with van der Waals surface area (Å²) in [4.78, 5) is 10.7. The molecule has 0 aliphatic carbocycles. The van der Waals surface area contributed by atoms with Gasteiger partial charge >= 0.3 is 0 Å². The molecule has 0 aliphatic heterocycles. The Morgan fingerprint density at radius 3 is 2.31 bits per heavy atom. The van der Waals surface area contributed by atoms with E-state index >= 15 is 0 Å². The lowest BCUT2D eigenvalue weighted by atomic mass is 10.4. The van der Waals surface area contributed by atoms with Crippen LogP contribution in [-0.2, 0) is 21.0 Å². The van der Waals surface area contributed by atoms with Crippen LogP contribution in [0.2, 0.25) is 0 Å². The van der Waals surface area contributed by atoms with Crippen LogP contribution in [0, 0.1) is 0 Å². The van der Waals surface area contributed by atoms with E-state index in [2.05, 4.69) is 12.1 Å². The fourth-order valence-electron chi connectivity index (χ4n) is 0.832. The quantitative estimate of drug-likeness (QED) is 0.578. The zero-order valence-electron chi connectivity index (χ0n) is 9.68. The number of carbonyl (C=O) groups is 1. The molecule has 0 saturated heterocycles. The van der Waals surface area contributed by atoms with Crippen molar-refractivity contribution < 1.29 is 14.1 Å². The number of hydrogen-bond donors (Lipinski definition) is 0. The fraction of sp³-hybridized carbons (Fsp3) is 0.417. The van der Waals surface area contributed by atoms with E-state index in [9.17, 15) is 9.90 Å². The van der Waals surface area contributed by atoms with Crippen LogP contribution in [0.25, 0.3) is 0 Å². The Labute approximate surface area is 101 Å². The van der Waals surface area contributed by atoms with E-state index in [0.717, 1.165) is 18.6 Å². The predicted molar refractivity (Wildman–Crippen MR) is 65.0 cm³/mol. The average Bonchev–Trinajstić information content (AvgIpc) is 2.28. The summed E-state index contributed by atoms with van der Waals surface area (Å²) in [6.07, 6.45) is 0.850. The second-order valence-electron chi connectivity index (χ2n) is 2.97. The van der Waals surface area contributed by atoms with Crippen molar-refractivity contribution >= 4 is 18.0 Å². The number of carboxylic acid groups (broad SMARTS) is 1. The number of hydrogen-bond acceptors (Lipinski definition) is 3. The second kappa shape index (κ2) is 10.5. The van der Waals surface area contributed by atoms with Crippen molar-refractivity contribution in [1.29, 1.82) is 0 Å². The minimum absolute atomic E-state index is 0.181. The summed E-state index contributed by atoms with van der Waals surface area (Å²) < 4.78 is 5.19. The van der Waals surface area contributed by atoms with Gasteiger partial charge in [0.1, 0.15) is 6.61 Å². The number of carbonyl (C=O) groups excluding carboxylic acids is 1. The molecule has 0 saturated carbocycles. The van der Waals surface area contributed by atoms with Gasteiger partial charge in [-0.1, -0.05) is 31.5 Å². The van der Waals surface area contributed by atoms with Crippen LogP contribution in [0.3, 0.4) is 0 Å². The Kier molecular flexibility index (Phi) is 9.86. The first-order chi connectivity index (χ1) is 7.70. The summed E-state index contributed by atoms with van der Waals surface area (Å²) in [6.45, 7) is 4.57. The molecule has 1 aromatic rings. The third-order valence-corrected chi connectivity index (χ3v) is 2.41. The van der Waals surface area contributed by atoms with Gasteiger partial charge < -0.3 is 9.90 Å². The van der Waals surface area contributed by atoms with Crippen molar-refractivity contribution in [3.8, 4) is 0 Å². The van der Waals surface area contributed by atoms with E-state index in [0.29, 0.717) is 6.42 Å². The molecule has 0 spiro atoms. The molecule has 4 heteroatoms. The predicted octanol–water partition coefficient (Wildman–Crippen LogP) is 1.35. The molecular weight excluding hydrogens is 224 g/mol. The molecule has 0 bridgehead atoms. The number of thiol groups is 1. The standard InChI is InChI=1S/C8H10OS.C4H8O2/c1-2-9-10-8-6-4-3-5-7-8;1-2-3-4(5)6/h3-7H,2H2,1H3;2-3H2,1H3,(H,5,6). The van der Waals surface area contributed by atoms with Gasteiger partial charge in [-0.3, -0.25) is 0 Å². The Morgan fingerprint density at radius 2 is 1.94 bits per heavy atom. The average molecular weight is 242 g/mol. The monoisotopic (exact) mass is 242 g/mol. The summed E-state index contributed by atoms with van der Waals surface area (Å²) in [5.74, 6) is -0.961. The van der Waals surface area contributed by atoms with Gasteiger partial charge in [0.05, 0.1) is 0 Å². The summed E-state index contributed by atoms with van der Waals surface area (Å²) in [5.41, 5.74) is 0. The molecule has 0 N–H and O–H groups in total. The molecule has 0 fully saturated rings. The van der Waals surface area contributed by atoms with E-state index in [1.165, 1.54) is 4.90 Å². The van der Waals surface area contributed by atoms with Crippen molar-refractivity contribution in [3.63, 3.8) is 0 Å². The SMILES string of the molecule is CCCC(=O)[O-].CCO[SH+]c1ccccc1. The van der Waals surface area contributed by atoms with Crippen LogP contribution in [0.4, 0.5) is 0 Å². The molecule has 90 valence electrons. The maximum atomic E-state index is 9.49. The van der Waals surface area contributed by atoms with Gasteiger partial charge in [0.15, 0.2) is 16.9 Å². The van der Waals surface area contributed by atoms with Gasteiger partial charge in [-0.05, 0) is 25.5 Å². The Hall–Kier alpha value is -1.00. The Bertz CT molecular complexity index is 275. The van der Waals surface area contributed by atoms with Crippen molar-refractivity contribution in [2.75, 3.05) is 6.61 Å². The lowest BCUT2D eigenvalue weighted by Crippen LogP contribution is -2.20. The molecule has 0 aromatic heterocycles. The fourth-order valence-corrected chi connectivity index (χ4v) is 1.40. The van der Waals surface area contributed by atoms with Crippen LogP contribution < -0.4 is 5.11 Å². The van der Waals surface area contributed by atoms with Gasteiger partial charge in [-0.15, -0.1) is 0 Å². The highest BCUT2D eigenvalue weighted by molar-refractivity contribution is 7.73. The highest BCUT2D eigenvalue weighted by atomic mass is 32.2. The maximum absolute atomic E-state index is 9.49. The molecule has 1 rings (SSSR count). The van der Waals surface area contributed by atoms with E-state index in [1.807, 2.05) is 25.1 Å². The largest absolute Gasteiger partial charge is 0.550 e. The molecule has 0 heterocycles. The maximum Gasteiger partial charge on any atom is 0.187 e. The lowest BCUT2D eigenvalue weighted by molar-refractivity contribution is -0.305. The lowest BCUT2D eigenvalue weighted by Gasteiger charge is -1.92. The van der Waals surface area contributed by atoms with E-state index in [4.69, 9.17) is 4.18 Å². The third-order valence-electron chi connectivity index (χ3n) is 1.51. The normalized spacial score (nSPS) is 9.12. The smallest absolute Gasteiger partial charge is 0.187 e. The second-order valence-corrected chi connectivity index (χ2v) is 3.92. The highest BCUT2D eigenvalue weighted by Gasteiger charge is 1.98. The molecule has 0 aliphatic rings. The zero-order valence-corrected chi connectivity index (χ0v) is 10.6. The van der Waals surface area contributed by atoms with E-state index < -0.39 is 5.97 Å². The third kappa shape index (κ3) is 9.55. The first kappa shape index (κ1) is 15.0. The number of carboxylic acids is 1. The highest BCUT2D eigenvalue weighted by Crippen LogP contribution is 2.01. The number of benzene rings is 1. The molecule has 0 atom stereocenters. The summed E-state index contributed by atoms with van der Waals surface area (Å²) in [7, 11) is 0. The van der Waals surface area contributed by atoms with Crippen molar-refractivity contribution in [2.24, 2.45) is 0 Å². The van der Waals surface area contributed by atoms with Crippen LogP contribution in [0.15, 0.2) is 35.2 Å². The Morgan fingerprint density at radius 1 is 1.31 bits per heavy atom. The Balaban J connectivity index is 0.000000325. The number of rotatable bonds is 5. The molecule has 3 nitrogen and oxygen atoms in total. The van der Waals surface area contributed by atoms with E-state index in [-0.39, 0.29) is 6.42 Å². The molecule has 16 heavy (non-hydrogen) atoms. The first-order valence-electron chi connectivity index (χ1n) is 5.28. The van der Waals surface area contributed by atoms with Crippen LogP contribution >= 0.6 is 0 Å². The molecule has 0 amide bonds. The molecular formula is C12H18O3S. The summed E-state index contributed by atoms with van der Waals surface area (Å²) in [6, 6.07) is 10.1. The topological polar surface area (TPSA) is 49.4 Å². The van der Waals surface area contributed by atoms with Crippen molar-refractivity contribution in [1.82, 2.24) is 0 Å². The van der Waals surface area contributed by atoms with Gasteiger partial charge in [-0.2, -0.15) is 4.18 Å². The zero-order chi connectivity index (χ0) is 12.2. The summed E-state index contributed by atoms with van der Waals surface area (Å²) >= 11 is 0.962. The minimum atomic E-state index is -0.961. The van der Waals surface area contributed by atoms with Crippen LogP contribution in [0.1, 0.15) is 26.7 Å².